The molecule has 7 unspecified atom stereocenters. The van der Waals surface area contributed by atoms with Crippen molar-refractivity contribution in [3.63, 3.8) is 0 Å². The van der Waals surface area contributed by atoms with E-state index in [-0.39, 0.29) is 5.76 Å². The quantitative estimate of drug-likeness (QED) is 0.628. The Morgan fingerprint density at radius 3 is 2.12 bits per heavy atom. The van der Waals surface area contributed by atoms with Crippen molar-refractivity contribution in [1.82, 2.24) is 0 Å². The van der Waals surface area contributed by atoms with Crippen LogP contribution in [-0.4, -0.2) is 64.4 Å². The molecule has 8 heteroatoms. The molecule has 4 aliphatic rings. The van der Waals surface area contributed by atoms with Crippen LogP contribution in [0.15, 0.2) is 11.8 Å². The molecule has 7 atom stereocenters. The van der Waals surface area contributed by atoms with Crippen molar-refractivity contribution in [3.8, 4) is 0 Å². The molecule has 0 aromatic heterocycles. The molecule has 1 aliphatic heterocycles. The van der Waals surface area contributed by atoms with E-state index in [1.165, 1.54) is 34.1 Å². The van der Waals surface area contributed by atoms with E-state index in [0.29, 0.717) is 0 Å². The summed E-state index contributed by atoms with van der Waals surface area (Å²) in [5, 5.41) is 22.7. The van der Waals surface area contributed by atoms with E-state index >= 15 is 0 Å². The van der Waals surface area contributed by atoms with Crippen molar-refractivity contribution in [2.75, 3.05) is 14.2 Å². The van der Waals surface area contributed by atoms with E-state index in [1.54, 1.807) is 6.92 Å². The van der Waals surface area contributed by atoms with Crippen LogP contribution in [0.3, 0.4) is 0 Å². The number of carbonyl (C=O) groups excluding carboxylic acids is 3. The van der Waals surface area contributed by atoms with Crippen LogP contribution in [0.25, 0.3) is 0 Å². The molecule has 4 rings (SSSR count). The minimum absolute atomic E-state index is 0.0519. The highest BCUT2D eigenvalue weighted by Crippen LogP contribution is 2.81. The first-order chi connectivity index (χ1) is 11.8. The second kappa shape index (κ2) is 4.11. The third kappa shape index (κ3) is 1.13. The first-order valence-corrected chi connectivity index (χ1v) is 8.39. The molecule has 0 radical (unpaired) electrons. The molecule has 3 aliphatic carbocycles. The number of carbonyl (C=O) groups is 3. The van der Waals surface area contributed by atoms with Crippen molar-refractivity contribution in [3.05, 3.63) is 11.8 Å². The predicted octanol–water partition coefficient (Wildman–Crippen LogP) is -0.493. The average Bonchev–Trinajstić information content (AvgIpc) is 2.88. The monoisotopic (exact) mass is 366 g/mol. The van der Waals surface area contributed by atoms with Gasteiger partial charge in [0.25, 0.3) is 0 Å². The normalized spacial score (nSPS) is 57.5. The molecule has 142 valence electrons. The third-order valence-corrected chi connectivity index (χ3v) is 7.73. The van der Waals surface area contributed by atoms with Crippen molar-refractivity contribution < 1.29 is 38.8 Å². The zero-order valence-electron chi connectivity index (χ0n) is 15.5. The van der Waals surface area contributed by atoms with Crippen LogP contribution in [0.4, 0.5) is 0 Å². The lowest BCUT2D eigenvalue weighted by Crippen LogP contribution is -2.76. The Labute approximate surface area is 150 Å². The standard InChI is InChI=1S/C18H22O8/c1-13(22)11(20)10-17(23)14(2)9(24-5)7-8(19)16(17,4)26-18(10,25-6)15(14,3)12(13)21/h7,10,22-23H,1-6H3. The van der Waals surface area contributed by atoms with E-state index < -0.39 is 56.7 Å². The van der Waals surface area contributed by atoms with E-state index in [0.717, 1.165) is 6.92 Å². The third-order valence-electron chi connectivity index (χ3n) is 7.73. The summed E-state index contributed by atoms with van der Waals surface area (Å²) in [6, 6.07) is 0. The molecule has 0 spiro atoms. The SMILES string of the molecule is COC1=CC(=O)C2(C)OC3(OC)C4C(=O)C(C)(O)C(=O)C3(C)C1(C)C42O. The minimum Gasteiger partial charge on any atom is -0.500 e. The maximum Gasteiger partial charge on any atom is 0.195 e. The Balaban J connectivity index is 2.23. The smallest absolute Gasteiger partial charge is 0.195 e. The zero-order valence-corrected chi connectivity index (χ0v) is 15.5. The van der Waals surface area contributed by atoms with Gasteiger partial charge in [0.05, 0.1) is 17.9 Å². The molecule has 0 amide bonds. The fraction of sp³-hybridized carbons (Fsp3) is 0.722. The Kier molecular flexibility index (Phi) is 2.81. The number of fused-ring (bicyclic) bond motifs is 1. The van der Waals surface area contributed by atoms with Crippen LogP contribution in [0.5, 0.6) is 0 Å². The molecule has 1 saturated heterocycles. The van der Waals surface area contributed by atoms with E-state index in [2.05, 4.69) is 0 Å². The fourth-order valence-electron chi connectivity index (χ4n) is 6.20. The van der Waals surface area contributed by atoms with Gasteiger partial charge in [0.15, 0.2) is 34.3 Å². The first kappa shape index (κ1) is 17.8. The maximum absolute atomic E-state index is 13.4. The van der Waals surface area contributed by atoms with Gasteiger partial charge in [0.2, 0.25) is 0 Å². The number of hydrogen-bond donors (Lipinski definition) is 2. The first-order valence-electron chi connectivity index (χ1n) is 8.39. The van der Waals surface area contributed by atoms with E-state index in [1.807, 2.05) is 0 Å². The molecule has 26 heavy (non-hydrogen) atoms. The van der Waals surface area contributed by atoms with Crippen LogP contribution in [0.2, 0.25) is 0 Å². The summed E-state index contributed by atoms with van der Waals surface area (Å²) in [5.41, 5.74) is -9.55. The second-order valence-corrected chi connectivity index (χ2v) is 8.30. The number of methoxy groups -OCH3 is 2. The molecule has 3 fully saturated rings. The highest BCUT2D eigenvalue weighted by molar-refractivity contribution is 6.20. The lowest BCUT2D eigenvalue weighted by Gasteiger charge is -2.61. The Bertz CT molecular complexity index is 829. The Hall–Kier alpha value is -1.61. The summed E-state index contributed by atoms with van der Waals surface area (Å²) in [6.07, 6.45) is 1.19. The van der Waals surface area contributed by atoms with Crippen LogP contribution in [0.1, 0.15) is 27.7 Å². The van der Waals surface area contributed by atoms with E-state index in [4.69, 9.17) is 14.2 Å². The van der Waals surface area contributed by atoms with Gasteiger partial charge in [-0.05, 0) is 27.7 Å². The molecular weight excluding hydrogens is 344 g/mol. The number of hydrogen-bond acceptors (Lipinski definition) is 8. The average molecular weight is 366 g/mol. The summed E-state index contributed by atoms with van der Waals surface area (Å²) < 4.78 is 17.0. The number of Topliss-reactive ketones (excluding diaryl/α,β-unsaturated/α-hetero) is 2. The van der Waals surface area contributed by atoms with Crippen LogP contribution < -0.4 is 0 Å². The van der Waals surface area contributed by atoms with Gasteiger partial charge < -0.3 is 24.4 Å². The van der Waals surface area contributed by atoms with Crippen molar-refractivity contribution in [1.29, 1.82) is 0 Å². The Morgan fingerprint density at radius 2 is 1.62 bits per heavy atom. The van der Waals surface area contributed by atoms with Gasteiger partial charge in [-0.25, -0.2) is 0 Å². The second-order valence-electron chi connectivity index (χ2n) is 8.30. The number of aliphatic hydroxyl groups is 2. The van der Waals surface area contributed by atoms with Crippen LogP contribution in [0, 0.1) is 16.7 Å². The highest BCUT2D eigenvalue weighted by atomic mass is 16.7. The Morgan fingerprint density at radius 1 is 1.04 bits per heavy atom. The summed E-state index contributed by atoms with van der Waals surface area (Å²) in [5.74, 6) is -5.67. The van der Waals surface area contributed by atoms with Crippen LogP contribution >= 0.6 is 0 Å². The molecule has 2 saturated carbocycles. The molecular formula is C18H22O8. The number of ether oxygens (including phenoxy) is 3. The van der Waals surface area contributed by atoms with Gasteiger partial charge in [0.1, 0.15) is 17.3 Å². The zero-order chi connectivity index (χ0) is 19.7. The summed E-state index contributed by atoms with van der Waals surface area (Å²) in [7, 11) is 2.58. The van der Waals surface area contributed by atoms with Crippen molar-refractivity contribution in [2.45, 2.75) is 50.3 Å². The van der Waals surface area contributed by atoms with Gasteiger partial charge in [-0.3, -0.25) is 14.4 Å². The molecule has 8 nitrogen and oxygen atoms in total. The van der Waals surface area contributed by atoms with Gasteiger partial charge in [0, 0.05) is 13.2 Å². The van der Waals surface area contributed by atoms with Crippen molar-refractivity contribution in [2.24, 2.45) is 16.7 Å². The minimum atomic E-state index is -2.35. The lowest BCUT2D eigenvalue weighted by atomic mass is 9.50. The van der Waals surface area contributed by atoms with Crippen LogP contribution in [-0.2, 0) is 28.6 Å². The number of rotatable bonds is 2. The lowest BCUT2D eigenvalue weighted by molar-refractivity contribution is -0.341. The van der Waals surface area contributed by atoms with Gasteiger partial charge in [-0.1, -0.05) is 0 Å². The van der Waals surface area contributed by atoms with Crippen molar-refractivity contribution >= 4 is 17.3 Å². The predicted molar refractivity (Wildman–Crippen MR) is 84.6 cm³/mol. The van der Waals surface area contributed by atoms with Gasteiger partial charge in [-0.2, -0.15) is 0 Å². The topological polar surface area (TPSA) is 119 Å². The largest absolute Gasteiger partial charge is 0.500 e. The molecule has 0 aromatic carbocycles. The number of ketones is 3. The molecule has 1 heterocycles. The molecule has 4 bridgehead atoms. The van der Waals surface area contributed by atoms with Gasteiger partial charge >= 0.3 is 0 Å². The summed E-state index contributed by atoms with van der Waals surface area (Å²) >= 11 is 0. The van der Waals surface area contributed by atoms with Gasteiger partial charge in [-0.15, -0.1) is 0 Å². The fourth-order valence-corrected chi connectivity index (χ4v) is 6.20. The molecule has 0 aromatic rings. The summed E-state index contributed by atoms with van der Waals surface area (Å²) in [4.78, 5) is 39.3. The maximum atomic E-state index is 13.4. The van der Waals surface area contributed by atoms with E-state index in [9.17, 15) is 24.6 Å². The molecule has 2 N–H and O–H groups in total. The highest BCUT2D eigenvalue weighted by Gasteiger charge is 2.99. The summed E-state index contributed by atoms with van der Waals surface area (Å²) in [6.45, 7) is 5.51.